The summed E-state index contributed by atoms with van der Waals surface area (Å²) in [5.41, 5.74) is 0. The molecule has 15 heavy (non-hydrogen) atoms. The standard InChI is InChI=1S/C11H24N2O2/c1-3-11-10-13(5-4-12-11)6-7-15-9-8-14-2/h11-12H,3-10H2,1-2H3. The molecule has 0 aromatic rings. The molecular weight excluding hydrogens is 192 g/mol. The fourth-order valence-corrected chi connectivity index (χ4v) is 1.81. The monoisotopic (exact) mass is 216 g/mol. The van der Waals surface area contributed by atoms with Gasteiger partial charge in [0, 0.05) is 39.3 Å². The molecule has 0 radical (unpaired) electrons. The number of rotatable bonds is 7. The molecule has 0 spiro atoms. The summed E-state index contributed by atoms with van der Waals surface area (Å²) in [6.45, 7) is 8.90. The Balaban J connectivity index is 2.00. The van der Waals surface area contributed by atoms with Crippen LogP contribution in [-0.2, 0) is 9.47 Å². The lowest BCUT2D eigenvalue weighted by molar-refractivity contribution is 0.0522. The van der Waals surface area contributed by atoms with Crippen LogP contribution in [0.4, 0.5) is 0 Å². The van der Waals surface area contributed by atoms with E-state index in [0.717, 1.165) is 32.8 Å². The highest BCUT2D eigenvalue weighted by molar-refractivity contribution is 4.76. The molecule has 1 saturated heterocycles. The van der Waals surface area contributed by atoms with Gasteiger partial charge in [-0.1, -0.05) is 6.92 Å². The van der Waals surface area contributed by atoms with Crippen LogP contribution in [0.15, 0.2) is 0 Å². The van der Waals surface area contributed by atoms with Gasteiger partial charge in [-0.3, -0.25) is 4.90 Å². The average molecular weight is 216 g/mol. The third-order valence-electron chi connectivity index (χ3n) is 2.82. The zero-order chi connectivity index (χ0) is 10.9. The van der Waals surface area contributed by atoms with Gasteiger partial charge < -0.3 is 14.8 Å². The van der Waals surface area contributed by atoms with E-state index in [1.54, 1.807) is 7.11 Å². The predicted octanol–water partition coefficient (Wildman–Crippen LogP) is 0.333. The molecule has 1 rings (SSSR count). The lowest BCUT2D eigenvalue weighted by Gasteiger charge is -2.33. The Bertz CT molecular complexity index is 156. The number of nitrogens with one attached hydrogen (secondary N) is 1. The molecular formula is C11H24N2O2. The molecule has 1 aliphatic rings. The largest absolute Gasteiger partial charge is 0.382 e. The van der Waals surface area contributed by atoms with Gasteiger partial charge in [0.2, 0.25) is 0 Å². The maximum absolute atomic E-state index is 5.46. The van der Waals surface area contributed by atoms with Gasteiger partial charge in [0.05, 0.1) is 19.8 Å². The van der Waals surface area contributed by atoms with Crippen molar-refractivity contribution < 1.29 is 9.47 Å². The van der Waals surface area contributed by atoms with Gasteiger partial charge in [0.25, 0.3) is 0 Å². The number of piperazine rings is 1. The SMILES string of the molecule is CCC1CN(CCOCCOC)CCN1. The topological polar surface area (TPSA) is 33.7 Å². The number of hydrogen-bond acceptors (Lipinski definition) is 4. The highest BCUT2D eigenvalue weighted by Crippen LogP contribution is 2.01. The van der Waals surface area contributed by atoms with Crippen LogP contribution in [-0.4, -0.2) is 64.1 Å². The van der Waals surface area contributed by atoms with E-state index in [1.807, 2.05) is 0 Å². The lowest BCUT2D eigenvalue weighted by atomic mass is 10.1. The van der Waals surface area contributed by atoms with E-state index in [2.05, 4.69) is 17.1 Å². The van der Waals surface area contributed by atoms with Gasteiger partial charge in [-0.05, 0) is 6.42 Å². The number of methoxy groups -OCH3 is 1. The van der Waals surface area contributed by atoms with E-state index in [9.17, 15) is 0 Å². The zero-order valence-corrected chi connectivity index (χ0v) is 10.00. The Morgan fingerprint density at radius 2 is 2.20 bits per heavy atom. The Kier molecular flexibility index (Phi) is 6.92. The Labute approximate surface area is 92.9 Å². The smallest absolute Gasteiger partial charge is 0.0700 e. The van der Waals surface area contributed by atoms with Crippen molar-refractivity contribution in [1.29, 1.82) is 0 Å². The molecule has 0 aliphatic carbocycles. The maximum atomic E-state index is 5.46. The first-order chi connectivity index (χ1) is 7.36. The van der Waals surface area contributed by atoms with Crippen LogP contribution in [0.1, 0.15) is 13.3 Å². The number of ether oxygens (including phenoxy) is 2. The second-order valence-corrected chi connectivity index (χ2v) is 3.97. The number of hydrogen-bond donors (Lipinski definition) is 1. The summed E-state index contributed by atoms with van der Waals surface area (Å²) in [7, 11) is 1.70. The molecule has 1 aliphatic heterocycles. The van der Waals surface area contributed by atoms with Crippen LogP contribution in [0.5, 0.6) is 0 Å². The average Bonchev–Trinajstić information content (AvgIpc) is 2.29. The van der Waals surface area contributed by atoms with Gasteiger partial charge in [-0.2, -0.15) is 0 Å². The highest BCUT2D eigenvalue weighted by atomic mass is 16.5. The molecule has 1 heterocycles. The second-order valence-electron chi connectivity index (χ2n) is 3.97. The first kappa shape index (κ1) is 12.9. The van der Waals surface area contributed by atoms with Crippen molar-refractivity contribution in [2.75, 3.05) is 53.1 Å². The minimum absolute atomic E-state index is 0.665. The van der Waals surface area contributed by atoms with E-state index in [4.69, 9.17) is 9.47 Å². The van der Waals surface area contributed by atoms with E-state index in [1.165, 1.54) is 6.42 Å². The minimum Gasteiger partial charge on any atom is -0.382 e. The molecule has 1 atom stereocenters. The molecule has 0 aromatic carbocycles. The Morgan fingerprint density at radius 1 is 1.33 bits per heavy atom. The van der Waals surface area contributed by atoms with Crippen molar-refractivity contribution in [3.8, 4) is 0 Å². The molecule has 90 valence electrons. The van der Waals surface area contributed by atoms with Crippen LogP contribution in [0, 0.1) is 0 Å². The van der Waals surface area contributed by atoms with Gasteiger partial charge >= 0.3 is 0 Å². The van der Waals surface area contributed by atoms with Gasteiger partial charge in [0.15, 0.2) is 0 Å². The summed E-state index contributed by atoms with van der Waals surface area (Å²) >= 11 is 0. The molecule has 0 aromatic heterocycles. The van der Waals surface area contributed by atoms with E-state index >= 15 is 0 Å². The van der Waals surface area contributed by atoms with Crippen molar-refractivity contribution in [1.82, 2.24) is 10.2 Å². The minimum atomic E-state index is 0.665. The summed E-state index contributed by atoms with van der Waals surface area (Å²) in [5, 5.41) is 3.51. The zero-order valence-electron chi connectivity index (χ0n) is 10.00. The van der Waals surface area contributed by atoms with E-state index in [-0.39, 0.29) is 0 Å². The molecule has 0 saturated carbocycles. The van der Waals surface area contributed by atoms with Gasteiger partial charge in [-0.25, -0.2) is 0 Å². The summed E-state index contributed by atoms with van der Waals surface area (Å²) in [4.78, 5) is 2.47. The first-order valence-corrected chi connectivity index (χ1v) is 5.89. The van der Waals surface area contributed by atoms with Crippen LogP contribution < -0.4 is 5.32 Å². The molecule has 1 N–H and O–H groups in total. The Morgan fingerprint density at radius 3 is 2.93 bits per heavy atom. The third-order valence-corrected chi connectivity index (χ3v) is 2.82. The van der Waals surface area contributed by atoms with Crippen LogP contribution in [0.25, 0.3) is 0 Å². The van der Waals surface area contributed by atoms with Crippen molar-refractivity contribution >= 4 is 0 Å². The third kappa shape index (κ3) is 5.47. The first-order valence-electron chi connectivity index (χ1n) is 5.89. The number of nitrogens with zero attached hydrogens (tertiary/aromatic N) is 1. The maximum Gasteiger partial charge on any atom is 0.0700 e. The lowest BCUT2D eigenvalue weighted by Crippen LogP contribution is -2.51. The quantitative estimate of drug-likeness (QED) is 0.622. The molecule has 0 bridgehead atoms. The molecule has 4 heteroatoms. The van der Waals surface area contributed by atoms with Crippen molar-refractivity contribution in [3.63, 3.8) is 0 Å². The molecule has 4 nitrogen and oxygen atoms in total. The van der Waals surface area contributed by atoms with E-state index in [0.29, 0.717) is 19.3 Å². The fraction of sp³-hybridized carbons (Fsp3) is 1.00. The van der Waals surface area contributed by atoms with Gasteiger partial charge in [0.1, 0.15) is 0 Å². The predicted molar refractivity (Wildman–Crippen MR) is 61.2 cm³/mol. The second kappa shape index (κ2) is 8.05. The fourth-order valence-electron chi connectivity index (χ4n) is 1.81. The summed E-state index contributed by atoms with van der Waals surface area (Å²) in [5.74, 6) is 0. The van der Waals surface area contributed by atoms with E-state index < -0.39 is 0 Å². The Hall–Kier alpha value is -0.160. The van der Waals surface area contributed by atoms with Crippen molar-refractivity contribution in [2.24, 2.45) is 0 Å². The van der Waals surface area contributed by atoms with Crippen LogP contribution in [0.2, 0.25) is 0 Å². The summed E-state index contributed by atoms with van der Waals surface area (Å²) < 4.78 is 10.4. The molecule has 1 unspecified atom stereocenters. The highest BCUT2D eigenvalue weighted by Gasteiger charge is 2.16. The van der Waals surface area contributed by atoms with Crippen LogP contribution in [0.3, 0.4) is 0 Å². The van der Waals surface area contributed by atoms with Crippen molar-refractivity contribution in [3.05, 3.63) is 0 Å². The summed E-state index contributed by atoms with van der Waals surface area (Å²) in [6, 6.07) is 0.665. The molecule has 0 amide bonds. The van der Waals surface area contributed by atoms with Gasteiger partial charge in [-0.15, -0.1) is 0 Å². The summed E-state index contributed by atoms with van der Waals surface area (Å²) in [6.07, 6.45) is 1.21. The molecule has 1 fully saturated rings. The van der Waals surface area contributed by atoms with Crippen molar-refractivity contribution in [2.45, 2.75) is 19.4 Å². The normalized spacial score (nSPS) is 23.2. The van der Waals surface area contributed by atoms with Crippen LogP contribution >= 0.6 is 0 Å².